The van der Waals surface area contributed by atoms with Gasteiger partial charge in [0.25, 0.3) is 5.91 Å². The number of anilines is 1. The normalized spacial score (nSPS) is 21.3. The van der Waals surface area contributed by atoms with E-state index in [2.05, 4.69) is 5.10 Å². The summed E-state index contributed by atoms with van der Waals surface area (Å²) in [5, 5.41) is 4.60. The lowest BCUT2D eigenvalue weighted by molar-refractivity contribution is 0.0982. The molecule has 0 N–H and O–H groups in total. The molecular formula is C20H25N3O3S. The molecule has 0 spiro atoms. The molecule has 2 aliphatic rings. The van der Waals surface area contributed by atoms with Crippen molar-refractivity contribution in [3.05, 3.63) is 47.3 Å². The molecule has 1 unspecified atom stereocenters. The number of hydrogen-bond donors (Lipinski definition) is 0. The molecule has 2 aromatic rings. The molecule has 27 heavy (non-hydrogen) atoms. The minimum Gasteiger partial charge on any atom is -0.307 e. The van der Waals surface area contributed by atoms with E-state index >= 15 is 0 Å². The topological polar surface area (TPSA) is 72.3 Å². The zero-order valence-corrected chi connectivity index (χ0v) is 16.6. The van der Waals surface area contributed by atoms with Gasteiger partial charge in [-0.1, -0.05) is 12.1 Å². The van der Waals surface area contributed by atoms with Gasteiger partial charge in [-0.15, -0.1) is 0 Å². The van der Waals surface area contributed by atoms with Crippen molar-refractivity contribution in [1.82, 2.24) is 9.78 Å². The van der Waals surface area contributed by atoms with Crippen LogP contribution in [0.3, 0.4) is 0 Å². The third-order valence-corrected chi connectivity index (χ3v) is 7.16. The first-order valence-electron chi connectivity index (χ1n) is 9.56. The average molecular weight is 388 g/mol. The molecule has 1 aromatic carbocycles. The van der Waals surface area contributed by atoms with Crippen LogP contribution in [-0.2, 0) is 9.84 Å². The van der Waals surface area contributed by atoms with Crippen molar-refractivity contribution in [3.8, 4) is 0 Å². The summed E-state index contributed by atoms with van der Waals surface area (Å²) in [7, 11) is -3.00. The predicted octanol–water partition coefficient (Wildman–Crippen LogP) is 3.10. The second kappa shape index (κ2) is 6.78. The molecule has 144 valence electrons. The average Bonchev–Trinajstić information content (AvgIpc) is 3.27. The molecular weight excluding hydrogens is 362 g/mol. The van der Waals surface area contributed by atoms with E-state index in [0.717, 1.165) is 29.8 Å². The molecule has 2 fully saturated rings. The van der Waals surface area contributed by atoms with Gasteiger partial charge in [-0.2, -0.15) is 5.10 Å². The number of benzene rings is 1. The Bertz CT molecular complexity index is 976. The van der Waals surface area contributed by atoms with E-state index in [9.17, 15) is 13.2 Å². The Kier molecular flexibility index (Phi) is 4.58. The molecule has 4 rings (SSSR count). The number of carbonyl (C=O) groups is 1. The van der Waals surface area contributed by atoms with Crippen LogP contribution in [0.4, 0.5) is 5.69 Å². The maximum atomic E-state index is 13.2. The summed E-state index contributed by atoms with van der Waals surface area (Å²) < 4.78 is 25.6. The number of sulfone groups is 1. The number of aromatic nitrogens is 2. The lowest BCUT2D eigenvalue weighted by Gasteiger charge is -2.20. The van der Waals surface area contributed by atoms with Crippen LogP contribution in [0.15, 0.2) is 30.3 Å². The van der Waals surface area contributed by atoms with Crippen molar-refractivity contribution >= 4 is 21.4 Å². The molecule has 2 heterocycles. The van der Waals surface area contributed by atoms with Crippen LogP contribution in [0.5, 0.6) is 0 Å². The smallest absolute Gasteiger partial charge is 0.278 e. The summed E-state index contributed by atoms with van der Waals surface area (Å²) in [6, 6.07) is 9.59. The van der Waals surface area contributed by atoms with E-state index < -0.39 is 9.84 Å². The Balaban J connectivity index is 1.67. The van der Waals surface area contributed by atoms with Crippen LogP contribution in [-0.4, -0.2) is 42.2 Å². The molecule has 1 aliphatic heterocycles. The minimum atomic E-state index is -3.00. The fourth-order valence-corrected chi connectivity index (χ4v) is 5.53. The molecule has 1 aliphatic carbocycles. The van der Waals surface area contributed by atoms with Gasteiger partial charge in [0.15, 0.2) is 15.5 Å². The second-order valence-electron chi connectivity index (χ2n) is 7.62. The largest absolute Gasteiger partial charge is 0.307 e. The highest BCUT2D eigenvalue weighted by molar-refractivity contribution is 7.91. The van der Waals surface area contributed by atoms with E-state index in [-0.39, 0.29) is 23.5 Å². The molecule has 6 nitrogen and oxygen atoms in total. The first-order chi connectivity index (χ1) is 12.9. The summed E-state index contributed by atoms with van der Waals surface area (Å²) in [6.45, 7) is 4.50. The van der Waals surface area contributed by atoms with Gasteiger partial charge in [-0.05, 0) is 56.9 Å². The van der Waals surface area contributed by atoms with Gasteiger partial charge >= 0.3 is 0 Å². The number of aryl methyl sites for hydroxylation is 1. The fourth-order valence-electron chi connectivity index (χ4n) is 3.84. The van der Waals surface area contributed by atoms with Crippen LogP contribution in [0.25, 0.3) is 0 Å². The van der Waals surface area contributed by atoms with E-state index in [1.165, 1.54) is 0 Å². The van der Waals surface area contributed by atoms with Crippen LogP contribution in [0, 0.1) is 6.92 Å². The van der Waals surface area contributed by atoms with E-state index in [4.69, 9.17) is 0 Å². The molecule has 0 radical (unpaired) electrons. The quantitative estimate of drug-likeness (QED) is 0.790. The first-order valence-corrected chi connectivity index (χ1v) is 11.4. The lowest BCUT2D eigenvalue weighted by Crippen LogP contribution is -2.31. The van der Waals surface area contributed by atoms with Crippen LogP contribution in [0.1, 0.15) is 59.9 Å². The SMILES string of the molecule is CCN(C(=O)c1cc(C2CC2)n(C2CCS(=O)(=O)C2)n1)c1cccc(C)c1. The van der Waals surface area contributed by atoms with Gasteiger partial charge in [0.05, 0.1) is 17.5 Å². The standard InChI is InChI=1S/C20H25N3O3S/c1-3-22(16-6-4-5-14(2)11-16)20(24)18-12-19(15-7-8-15)23(21-18)17-9-10-27(25,26)13-17/h4-6,11-12,15,17H,3,7-10,13H2,1-2H3. The number of rotatable bonds is 5. The zero-order chi connectivity index (χ0) is 19.2. The highest BCUT2D eigenvalue weighted by atomic mass is 32.2. The molecule has 1 amide bonds. The Labute approximate surface area is 160 Å². The van der Waals surface area contributed by atoms with Crippen molar-refractivity contribution in [2.75, 3.05) is 23.0 Å². The Morgan fingerprint density at radius 3 is 2.63 bits per heavy atom. The number of amides is 1. The van der Waals surface area contributed by atoms with Crippen LogP contribution < -0.4 is 4.90 Å². The van der Waals surface area contributed by atoms with Crippen molar-refractivity contribution in [1.29, 1.82) is 0 Å². The van der Waals surface area contributed by atoms with E-state index in [1.54, 1.807) is 4.90 Å². The van der Waals surface area contributed by atoms with Gasteiger partial charge < -0.3 is 4.90 Å². The highest BCUT2D eigenvalue weighted by Gasteiger charge is 2.36. The highest BCUT2D eigenvalue weighted by Crippen LogP contribution is 2.42. The monoisotopic (exact) mass is 387 g/mol. The summed E-state index contributed by atoms with van der Waals surface area (Å²) in [6.07, 6.45) is 2.73. The number of carbonyl (C=O) groups excluding carboxylic acids is 1. The van der Waals surface area contributed by atoms with Crippen molar-refractivity contribution in [2.24, 2.45) is 0 Å². The predicted molar refractivity (Wildman–Crippen MR) is 105 cm³/mol. The Hall–Kier alpha value is -2.15. The maximum absolute atomic E-state index is 13.2. The van der Waals surface area contributed by atoms with Gasteiger partial charge in [-0.3, -0.25) is 9.48 Å². The third-order valence-electron chi connectivity index (χ3n) is 5.41. The third kappa shape index (κ3) is 3.65. The summed E-state index contributed by atoms with van der Waals surface area (Å²) >= 11 is 0. The molecule has 1 saturated heterocycles. The number of hydrogen-bond acceptors (Lipinski definition) is 4. The molecule has 1 atom stereocenters. The van der Waals surface area contributed by atoms with Gasteiger partial charge in [0.2, 0.25) is 0 Å². The van der Waals surface area contributed by atoms with Crippen molar-refractivity contribution in [3.63, 3.8) is 0 Å². The molecule has 1 aromatic heterocycles. The summed E-state index contributed by atoms with van der Waals surface area (Å²) in [4.78, 5) is 14.9. The second-order valence-corrected chi connectivity index (χ2v) is 9.85. The van der Waals surface area contributed by atoms with E-state index in [1.807, 2.05) is 48.9 Å². The van der Waals surface area contributed by atoms with Gasteiger partial charge in [-0.25, -0.2) is 8.42 Å². The van der Waals surface area contributed by atoms with Crippen molar-refractivity contribution < 1.29 is 13.2 Å². The number of nitrogens with zero attached hydrogens (tertiary/aromatic N) is 3. The zero-order valence-electron chi connectivity index (χ0n) is 15.8. The maximum Gasteiger partial charge on any atom is 0.278 e. The summed E-state index contributed by atoms with van der Waals surface area (Å²) in [5.74, 6) is 0.591. The lowest BCUT2D eigenvalue weighted by atomic mass is 10.2. The van der Waals surface area contributed by atoms with Crippen molar-refractivity contribution in [2.45, 2.75) is 45.1 Å². The van der Waals surface area contributed by atoms with Gasteiger partial charge in [0.1, 0.15) is 0 Å². The van der Waals surface area contributed by atoms with E-state index in [0.29, 0.717) is 24.6 Å². The summed E-state index contributed by atoms with van der Waals surface area (Å²) in [5.41, 5.74) is 3.37. The fraction of sp³-hybridized carbons (Fsp3) is 0.500. The minimum absolute atomic E-state index is 0.122. The Morgan fingerprint density at radius 1 is 1.26 bits per heavy atom. The van der Waals surface area contributed by atoms with Crippen LogP contribution in [0.2, 0.25) is 0 Å². The van der Waals surface area contributed by atoms with Crippen LogP contribution >= 0.6 is 0 Å². The molecule has 1 saturated carbocycles. The molecule has 7 heteroatoms. The first kappa shape index (κ1) is 18.2. The molecule has 0 bridgehead atoms. The Morgan fingerprint density at radius 2 is 2.04 bits per heavy atom. The van der Waals surface area contributed by atoms with Gasteiger partial charge in [0, 0.05) is 23.8 Å².